The number of carbonyl (C=O) groups is 2. The number of fused-ring (bicyclic) bond motifs is 5. The third-order valence-electron chi connectivity index (χ3n) is 6.03. The average molecular weight is 474 g/mol. The topological polar surface area (TPSA) is 122 Å². The molecule has 1 N–H and O–H groups in total. The van der Waals surface area contributed by atoms with Crippen LogP contribution in [0.4, 0.5) is 11.4 Å². The molecule has 9 nitrogen and oxygen atoms in total. The van der Waals surface area contributed by atoms with E-state index < -0.39 is 45.4 Å². The molecule has 5 rings (SSSR count). The van der Waals surface area contributed by atoms with Gasteiger partial charge in [0.05, 0.1) is 23.6 Å². The summed E-state index contributed by atoms with van der Waals surface area (Å²) in [5, 5.41) is 3.22. The van der Waals surface area contributed by atoms with E-state index in [0.717, 1.165) is 4.90 Å². The first-order chi connectivity index (χ1) is 15.3. The van der Waals surface area contributed by atoms with E-state index in [9.17, 15) is 22.9 Å². The Bertz CT molecular complexity index is 1280. The normalized spacial score (nSPS) is 28.4. The van der Waals surface area contributed by atoms with Gasteiger partial charge in [0.25, 0.3) is 0 Å². The highest BCUT2D eigenvalue weighted by atomic mass is 35.5. The molecule has 2 aromatic rings. The summed E-state index contributed by atoms with van der Waals surface area (Å²) in [5.74, 6) is -2.51. The zero-order valence-electron chi connectivity index (χ0n) is 16.3. The van der Waals surface area contributed by atoms with Gasteiger partial charge in [-0.2, -0.15) is 0 Å². The minimum absolute atomic E-state index is 0.233. The van der Waals surface area contributed by atoms with Crippen molar-refractivity contribution in [2.75, 3.05) is 11.4 Å². The van der Waals surface area contributed by atoms with Gasteiger partial charge in [-0.1, -0.05) is 35.9 Å². The third-order valence-corrected chi connectivity index (χ3v) is 7.73. The van der Waals surface area contributed by atoms with E-state index in [1.54, 1.807) is 36.4 Å². The molecule has 2 aromatic carbocycles. The largest absolute Gasteiger partial charge is 0.361 e. The van der Waals surface area contributed by atoms with Gasteiger partial charge in [-0.15, -0.1) is 4.91 Å². The number of nitroso groups, excluding NO2 is 1. The highest BCUT2D eigenvalue weighted by Gasteiger charge is 2.67. The molecule has 0 radical (unpaired) electrons. The quantitative estimate of drug-likeness (QED) is 0.391. The summed E-state index contributed by atoms with van der Waals surface area (Å²) >= 11 is 5.91. The molecule has 0 aliphatic carbocycles. The molecule has 32 heavy (non-hydrogen) atoms. The molecule has 0 saturated carbocycles. The molecular formula is C21H16ClN3O6S. The molecule has 2 saturated heterocycles. The molecule has 11 heteroatoms. The second kappa shape index (κ2) is 7.31. The zero-order chi connectivity index (χ0) is 22.7. The van der Waals surface area contributed by atoms with Gasteiger partial charge in [0.1, 0.15) is 16.2 Å². The van der Waals surface area contributed by atoms with Crippen LogP contribution in [-0.4, -0.2) is 38.5 Å². The Morgan fingerprint density at radius 1 is 1.09 bits per heavy atom. The smallest absolute Gasteiger partial charge is 0.242 e. The van der Waals surface area contributed by atoms with Crippen LogP contribution in [0.2, 0.25) is 5.02 Å². The number of anilines is 1. The first kappa shape index (κ1) is 21.0. The number of nitrogens with zero attached hydrogens (tertiary/aromatic N) is 2. The second-order valence-electron chi connectivity index (χ2n) is 7.77. The number of benzene rings is 2. The Morgan fingerprint density at radius 2 is 1.81 bits per heavy atom. The molecule has 2 amide bonds. The fraction of sp³-hybridized carbons (Fsp3) is 0.238. The summed E-state index contributed by atoms with van der Waals surface area (Å²) in [6.07, 6.45) is 2.66. The molecule has 3 aliphatic rings. The van der Waals surface area contributed by atoms with Gasteiger partial charge in [0, 0.05) is 11.6 Å². The summed E-state index contributed by atoms with van der Waals surface area (Å²) < 4.78 is 34.0. The van der Waals surface area contributed by atoms with Gasteiger partial charge in [0.2, 0.25) is 21.8 Å². The lowest BCUT2D eigenvalue weighted by atomic mass is 9.77. The van der Waals surface area contributed by atoms with Crippen molar-refractivity contribution in [3.63, 3.8) is 0 Å². The molecule has 164 valence electrons. The first-order valence-corrected chi connectivity index (χ1v) is 11.6. The fourth-order valence-corrected chi connectivity index (χ4v) is 5.93. The minimum Gasteiger partial charge on any atom is -0.361 e. The Labute approximate surface area is 188 Å². The summed E-state index contributed by atoms with van der Waals surface area (Å²) in [7, 11) is -4.13. The van der Waals surface area contributed by atoms with Gasteiger partial charge in [-0.05, 0) is 41.6 Å². The van der Waals surface area contributed by atoms with E-state index in [-0.39, 0.29) is 17.1 Å². The second-order valence-corrected chi connectivity index (χ2v) is 9.94. The Morgan fingerprint density at radius 3 is 2.53 bits per heavy atom. The van der Waals surface area contributed by atoms with E-state index in [0.29, 0.717) is 10.7 Å². The molecule has 2 bridgehead atoms. The van der Waals surface area contributed by atoms with Crippen molar-refractivity contribution >= 4 is 44.8 Å². The van der Waals surface area contributed by atoms with Crippen LogP contribution in [-0.2, 0) is 24.3 Å². The van der Waals surface area contributed by atoms with E-state index >= 15 is 0 Å². The Kier molecular flexibility index (Phi) is 4.79. The summed E-state index contributed by atoms with van der Waals surface area (Å²) in [6, 6.07) is 11.8. The maximum atomic E-state index is 13.3. The third kappa shape index (κ3) is 3.02. The predicted molar refractivity (Wildman–Crippen MR) is 115 cm³/mol. The maximum absolute atomic E-state index is 13.3. The van der Waals surface area contributed by atoms with E-state index in [4.69, 9.17) is 16.3 Å². The van der Waals surface area contributed by atoms with E-state index in [1.165, 1.54) is 24.3 Å². The Hall–Kier alpha value is -2.92. The van der Waals surface area contributed by atoms with E-state index in [2.05, 4.69) is 9.90 Å². The number of amides is 2. The number of halogens is 1. The number of nitrogens with one attached hydrogen (secondary N) is 1. The molecule has 3 aliphatic heterocycles. The lowest BCUT2D eigenvalue weighted by Crippen LogP contribution is -2.48. The van der Waals surface area contributed by atoms with Crippen molar-refractivity contribution in [3.05, 3.63) is 70.6 Å². The zero-order valence-corrected chi connectivity index (χ0v) is 17.9. The SMILES string of the molecule is O=Nc1ccccc1S(=O)(=O)NCC12C=CC(O1)C1C(=O)N(c3ccc(Cl)cc3)C(=O)C12. The predicted octanol–water partition coefficient (Wildman–Crippen LogP) is 2.53. The highest BCUT2D eigenvalue weighted by molar-refractivity contribution is 7.89. The monoisotopic (exact) mass is 473 g/mol. The van der Waals surface area contributed by atoms with Crippen molar-refractivity contribution in [1.82, 2.24) is 4.72 Å². The van der Waals surface area contributed by atoms with Crippen molar-refractivity contribution in [2.24, 2.45) is 17.0 Å². The highest BCUT2D eigenvalue weighted by Crippen LogP contribution is 2.52. The molecule has 3 heterocycles. The number of carbonyl (C=O) groups excluding carboxylic acids is 2. The lowest BCUT2D eigenvalue weighted by Gasteiger charge is -2.29. The van der Waals surface area contributed by atoms with Crippen LogP contribution in [0.3, 0.4) is 0 Å². The van der Waals surface area contributed by atoms with Crippen LogP contribution < -0.4 is 9.62 Å². The van der Waals surface area contributed by atoms with Gasteiger partial charge < -0.3 is 4.74 Å². The summed E-state index contributed by atoms with van der Waals surface area (Å²) in [5.41, 5.74) is -1.16. The van der Waals surface area contributed by atoms with Gasteiger partial charge in [-0.3, -0.25) is 9.59 Å². The van der Waals surface area contributed by atoms with Crippen LogP contribution in [0.5, 0.6) is 0 Å². The molecule has 2 fully saturated rings. The number of rotatable bonds is 6. The van der Waals surface area contributed by atoms with Gasteiger partial charge >= 0.3 is 0 Å². The lowest BCUT2D eigenvalue weighted by molar-refractivity contribution is -0.126. The van der Waals surface area contributed by atoms with Crippen LogP contribution in [0, 0.1) is 16.7 Å². The number of ether oxygens (including phenoxy) is 1. The first-order valence-electron chi connectivity index (χ1n) is 9.70. The van der Waals surface area contributed by atoms with Gasteiger partial charge in [0.15, 0.2) is 0 Å². The van der Waals surface area contributed by atoms with Gasteiger partial charge in [-0.25, -0.2) is 18.0 Å². The summed E-state index contributed by atoms with van der Waals surface area (Å²) in [6.45, 7) is -0.288. The average Bonchev–Trinajstić information content (AvgIpc) is 3.44. The molecule has 4 unspecified atom stereocenters. The number of hydrogen-bond acceptors (Lipinski definition) is 7. The van der Waals surface area contributed by atoms with Crippen LogP contribution >= 0.6 is 11.6 Å². The van der Waals surface area contributed by atoms with Crippen molar-refractivity contribution in [1.29, 1.82) is 0 Å². The van der Waals surface area contributed by atoms with Crippen molar-refractivity contribution in [3.8, 4) is 0 Å². The molecular weight excluding hydrogens is 458 g/mol. The van der Waals surface area contributed by atoms with Crippen LogP contribution in [0.15, 0.2) is 70.8 Å². The van der Waals surface area contributed by atoms with E-state index in [1.807, 2.05) is 0 Å². The fourth-order valence-electron chi connectivity index (χ4n) is 4.60. The van der Waals surface area contributed by atoms with Crippen molar-refractivity contribution in [2.45, 2.75) is 16.6 Å². The van der Waals surface area contributed by atoms with Crippen LogP contribution in [0.25, 0.3) is 0 Å². The minimum atomic E-state index is -4.13. The number of hydrogen-bond donors (Lipinski definition) is 1. The maximum Gasteiger partial charge on any atom is 0.242 e. The Balaban J connectivity index is 1.44. The standard InChI is InChI=1S/C21H16ClN3O6S/c22-12-5-7-13(8-6-12)25-19(26)17-15-9-10-21(31-15,18(17)20(25)27)11-23-32(29,30)16-4-2-1-3-14(16)24-28/h1-10,15,17-18,23H,11H2. The summed E-state index contributed by atoms with van der Waals surface area (Å²) in [4.78, 5) is 38.2. The van der Waals surface area contributed by atoms with Crippen LogP contribution in [0.1, 0.15) is 0 Å². The number of imide groups is 1. The number of sulfonamides is 1. The molecule has 4 atom stereocenters. The molecule has 0 aromatic heterocycles. The van der Waals surface area contributed by atoms with Crippen molar-refractivity contribution < 1.29 is 22.7 Å². The molecule has 0 spiro atoms.